The topological polar surface area (TPSA) is 93.1 Å². The number of phenols is 1. The van der Waals surface area contributed by atoms with Crippen LogP contribution in [-0.2, 0) is 24.7 Å². The molecular weight excluding hydrogens is 336 g/mol. The fourth-order valence-corrected chi connectivity index (χ4v) is 2.23. The Morgan fingerprint density at radius 1 is 1.04 bits per heavy atom. The predicted octanol–water partition coefficient (Wildman–Crippen LogP) is 3.07. The lowest BCUT2D eigenvalue weighted by Gasteiger charge is -2.29. The quantitative estimate of drug-likeness (QED) is 0.653. The van der Waals surface area contributed by atoms with Crippen LogP contribution in [-0.4, -0.2) is 35.4 Å². The zero-order valence-electron chi connectivity index (χ0n) is 16.2. The molecule has 146 valence electrons. The maximum Gasteiger partial charge on any atom is 0.308 e. The van der Waals surface area contributed by atoms with E-state index in [2.05, 4.69) is 0 Å². The van der Waals surface area contributed by atoms with Gasteiger partial charge >= 0.3 is 11.9 Å². The van der Waals surface area contributed by atoms with Crippen LogP contribution in [0.1, 0.15) is 51.7 Å². The minimum atomic E-state index is -1.83. The minimum Gasteiger partial charge on any atom is -0.508 e. The molecule has 6 nitrogen and oxygen atoms in total. The summed E-state index contributed by atoms with van der Waals surface area (Å²) in [5.41, 5.74) is -0.872. The summed E-state index contributed by atoms with van der Waals surface area (Å²) in [5.74, 6) is -1.68. The number of esters is 2. The van der Waals surface area contributed by atoms with Gasteiger partial charge in [0.2, 0.25) is 0 Å². The summed E-state index contributed by atoms with van der Waals surface area (Å²) in [6.07, 6.45) is 1.21. The van der Waals surface area contributed by atoms with E-state index in [9.17, 15) is 19.8 Å². The Bertz CT molecular complexity index is 599. The molecule has 0 saturated carbocycles. The van der Waals surface area contributed by atoms with Crippen LogP contribution in [0.15, 0.2) is 18.2 Å². The Morgan fingerprint density at radius 3 is 1.88 bits per heavy atom. The summed E-state index contributed by atoms with van der Waals surface area (Å²) in [5, 5.41) is 21.3. The van der Waals surface area contributed by atoms with Gasteiger partial charge in [0, 0.05) is 5.56 Å². The normalized spacial score (nSPS) is 15.6. The first kappa shape index (κ1) is 22.0. The van der Waals surface area contributed by atoms with E-state index in [-0.39, 0.29) is 23.1 Å². The van der Waals surface area contributed by atoms with Crippen LogP contribution in [0.4, 0.5) is 0 Å². The summed E-state index contributed by atoms with van der Waals surface area (Å²) in [4.78, 5) is 24.0. The average molecular weight is 366 g/mol. The molecule has 0 heterocycles. The number of phenolic OH excluding ortho intramolecular Hbond substituents is 1. The lowest BCUT2D eigenvalue weighted by molar-refractivity contribution is -0.169. The number of ether oxygens (including phenoxy) is 2. The zero-order valence-corrected chi connectivity index (χ0v) is 16.2. The monoisotopic (exact) mass is 366 g/mol. The van der Waals surface area contributed by atoms with Crippen LogP contribution >= 0.6 is 0 Å². The van der Waals surface area contributed by atoms with Crippen molar-refractivity contribution in [3.63, 3.8) is 0 Å². The molecule has 0 fully saturated rings. The summed E-state index contributed by atoms with van der Waals surface area (Å²) < 4.78 is 10.5. The van der Waals surface area contributed by atoms with E-state index in [1.165, 1.54) is 6.07 Å². The highest BCUT2D eigenvalue weighted by Gasteiger charge is 2.36. The van der Waals surface area contributed by atoms with Crippen molar-refractivity contribution in [1.82, 2.24) is 0 Å². The van der Waals surface area contributed by atoms with Crippen molar-refractivity contribution in [2.45, 2.75) is 53.1 Å². The van der Waals surface area contributed by atoms with Gasteiger partial charge in [-0.2, -0.15) is 0 Å². The second-order valence-electron chi connectivity index (χ2n) is 6.89. The Kier molecular flexibility index (Phi) is 8.08. The first-order chi connectivity index (χ1) is 12.1. The van der Waals surface area contributed by atoms with Crippen LogP contribution in [0, 0.1) is 18.8 Å². The van der Waals surface area contributed by atoms with Crippen molar-refractivity contribution in [2.75, 3.05) is 13.2 Å². The van der Waals surface area contributed by atoms with Crippen LogP contribution < -0.4 is 0 Å². The van der Waals surface area contributed by atoms with E-state index in [1.54, 1.807) is 32.9 Å². The van der Waals surface area contributed by atoms with Crippen molar-refractivity contribution < 1.29 is 29.3 Å². The molecule has 0 bridgehead atoms. The van der Waals surface area contributed by atoms with Gasteiger partial charge in [-0.05, 0) is 31.4 Å². The first-order valence-electron chi connectivity index (χ1n) is 9.00. The third kappa shape index (κ3) is 5.73. The number of carbonyl (C=O) groups excluding carboxylic acids is 2. The molecule has 0 amide bonds. The van der Waals surface area contributed by atoms with Crippen molar-refractivity contribution in [3.8, 4) is 5.75 Å². The number of hydrogen-bond acceptors (Lipinski definition) is 6. The average Bonchev–Trinajstić information content (AvgIpc) is 2.62. The predicted molar refractivity (Wildman–Crippen MR) is 97.6 cm³/mol. The fourth-order valence-electron chi connectivity index (χ4n) is 2.23. The van der Waals surface area contributed by atoms with Crippen molar-refractivity contribution in [3.05, 3.63) is 29.3 Å². The molecule has 2 N–H and O–H groups in total. The first-order valence-corrected chi connectivity index (χ1v) is 9.00. The Morgan fingerprint density at radius 2 is 1.50 bits per heavy atom. The van der Waals surface area contributed by atoms with Crippen molar-refractivity contribution in [2.24, 2.45) is 11.8 Å². The number of rotatable bonds is 9. The smallest absolute Gasteiger partial charge is 0.308 e. The molecule has 0 aliphatic carbocycles. The van der Waals surface area contributed by atoms with Crippen LogP contribution in [0.2, 0.25) is 0 Å². The van der Waals surface area contributed by atoms with Crippen LogP contribution in [0.5, 0.6) is 5.75 Å². The zero-order chi connectivity index (χ0) is 19.9. The maximum atomic E-state index is 12.0. The number of aromatic hydroxyl groups is 1. The highest BCUT2D eigenvalue weighted by atomic mass is 16.6. The standard InChI is InChI=1S/C20H30O6/c1-6-14(4)18(22)25-11-20(24,12-26-19(23)15(5)7-2)16-9-8-13(3)10-17(16)21/h8-10,14-15,21,24H,6-7,11-12H2,1-5H3. The second-order valence-corrected chi connectivity index (χ2v) is 6.89. The molecule has 0 aliphatic rings. The molecule has 0 saturated heterocycles. The van der Waals surface area contributed by atoms with Gasteiger partial charge in [-0.1, -0.05) is 39.8 Å². The number of aliphatic hydroxyl groups is 1. The highest BCUT2D eigenvalue weighted by molar-refractivity contribution is 5.72. The molecule has 2 atom stereocenters. The van der Waals surface area contributed by atoms with Crippen molar-refractivity contribution >= 4 is 11.9 Å². The van der Waals surface area contributed by atoms with Gasteiger partial charge in [0.25, 0.3) is 0 Å². The minimum absolute atomic E-state index is 0.147. The lowest BCUT2D eigenvalue weighted by atomic mass is 9.93. The van der Waals surface area contributed by atoms with Crippen molar-refractivity contribution in [1.29, 1.82) is 0 Å². The number of benzene rings is 1. The lowest BCUT2D eigenvalue weighted by Crippen LogP contribution is -2.39. The SMILES string of the molecule is CCC(C)C(=O)OCC(O)(COC(=O)C(C)CC)c1ccc(C)cc1O. The van der Waals surface area contributed by atoms with Crippen LogP contribution in [0.25, 0.3) is 0 Å². The maximum absolute atomic E-state index is 12.0. The molecule has 0 aromatic heterocycles. The van der Waals surface area contributed by atoms with E-state index in [4.69, 9.17) is 9.47 Å². The van der Waals surface area contributed by atoms with Gasteiger partial charge in [-0.25, -0.2) is 0 Å². The van der Waals surface area contributed by atoms with E-state index in [0.29, 0.717) is 12.8 Å². The molecule has 6 heteroatoms. The molecular formula is C20H30O6. The summed E-state index contributed by atoms with van der Waals surface area (Å²) in [7, 11) is 0. The molecule has 0 aliphatic heterocycles. The molecule has 1 rings (SSSR count). The molecule has 0 radical (unpaired) electrons. The molecule has 1 aromatic rings. The highest BCUT2D eigenvalue weighted by Crippen LogP contribution is 2.31. The van der Waals surface area contributed by atoms with E-state index < -0.39 is 30.8 Å². The Balaban J connectivity index is 3.03. The van der Waals surface area contributed by atoms with Gasteiger partial charge in [0.05, 0.1) is 11.8 Å². The van der Waals surface area contributed by atoms with E-state index >= 15 is 0 Å². The van der Waals surface area contributed by atoms with Gasteiger partial charge in [-0.15, -0.1) is 0 Å². The molecule has 0 spiro atoms. The van der Waals surface area contributed by atoms with Gasteiger partial charge in [0.1, 0.15) is 19.0 Å². The van der Waals surface area contributed by atoms with E-state index in [0.717, 1.165) is 5.56 Å². The molecule has 1 aromatic carbocycles. The number of carbonyl (C=O) groups is 2. The fraction of sp³-hybridized carbons (Fsp3) is 0.600. The largest absolute Gasteiger partial charge is 0.508 e. The Labute approximate surface area is 155 Å². The van der Waals surface area contributed by atoms with E-state index in [1.807, 2.05) is 13.8 Å². The van der Waals surface area contributed by atoms with Crippen LogP contribution in [0.3, 0.4) is 0 Å². The van der Waals surface area contributed by atoms with Gasteiger partial charge in [-0.3, -0.25) is 9.59 Å². The third-order valence-electron chi connectivity index (χ3n) is 4.59. The molecule has 26 heavy (non-hydrogen) atoms. The Hall–Kier alpha value is -2.08. The summed E-state index contributed by atoms with van der Waals surface area (Å²) in [6, 6.07) is 4.75. The second kappa shape index (κ2) is 9.57. The number of hydrogen-bond donors (Lipinski definition) is 2. The van der Waals surface area contributed by atoms with Gasteiger partial charge < -0.3 is 19.7 Å². The molecule has 2 unspecified atom stereocenters. The summed E-state index contributed by atoms with van der Waals surface area (Å²) in [6.45, 7) is 8.15. The van der Waals surface area contributed by atoms with Gasteiger partial charge in [0.15, 0.2) is 5.60 Å². The summed E-state index contributed by atoms with van der Waals surface area (Å²) >= 11 is 0. The third-order valence-corrected chi connectivity index (χ3v) is 4.59. The number of aryl methyl sites for hydroxylation is 1.